The van der Waals surface area contributed by atoms with Gasteiger partial charge in [0.1, 0.15) is 11.5 Å². The van der Waals surface area contributed by atoms with Crippen LogP contribution in [0.1, 0.15) is 17.4 Å². The molecule has 1 aliphatic heterocycles. The Kier molecular flexibility index (Phi) is 7.18. The molecule has 0 atom stereocenters. The van der Waals surface area contributed by atoms with Gasteiger partial charge in [0.25, 0.3) is 5.91 Å². The van der Waals surface area contributed by atoms with Crippen molar-refractivity contribution in [2.45, 2.75) is 13.5 Å². The average molecular weight is 440 g/mol. The van der Waals surface area contributed by atoms with E-state index >= 15 is 0 Å². The maximum absolute atomic E-state index is 13.6. The number of rotatable bonds is 6. The number of carbonyl (C=O) groups excluding carboxylic acids is 1. The van der Waals surface area contributed by atoms with Crippen molar-refractivity contribution >= 4 is 45.0 Å². The molecule has 1 aromatic carbocycles. The average Bonchev–Trinajstić information content (AvgIpc) is 3.35. The number of nitrogens with zero attached hydrogens (tertiary/aromatic N) is 5. The largest absolute Gasteiger partial charge is 0.379 e. The van der Waals surface area contributed by atoms with Crippen LogP contribution >= 0.6 is 23.7 Å². The Balaban J connectivity index is 0.00000240. The minimum absolute atomic E-state index is 0. The normalized spacial score (nSPS) is 14.7. The van der Waals surface area contributed by atoms with Gasteiger partial charge in [0.05, 0.1) is 23.4 Å². The number of thiazole rings is 1. The van der Waals surface area contributed by atoms with E-state index in [-0.39, 0.29) is 24.1 Å². The van der Waals surface area contributed by atoms with Crippen molar-refractivity contribution in [3.63, 3.8) is 0 Å². The zero-order valence-corrected chi connectivity index (χ0v) is 17.7. The molecule has 1 fully saturated rings. The van der Waals surface area contributed by atoms with Crippen LogP contribution in [-0.2, 0) is 11.3 Å². The van der Waals surface area contributed by atoms with Crippen molar-refractivity contribution in [3.8, 4) is 0 Å². The van der Waals surface area contributed by atoms with Gasteiger partial charge in [-0.25, -0.2) is 9.37 Å². The molecule has 0 bridgehead atoms. The Morgan fingerprint density at radius 2 is 2.10 bits per heavy atom. The van der Waals surface area contributed by atoms with E-state index in [2.05, 4.69) is 15.0 Å². The van der Waals surface area contributed by atoms with Crippen LogP contribution in [0.5, 0.6) is 0 Å². The Bertz CT molecular complexity index is 973. The summed E-state index contributed by atoms with van der Waals surface area (Å²) in [4.78, 5) is 21.9. The molecule has 0 aliphatic carbocycles. The lowest BCUT2D eigenvalue weighted by molar-refractivity contribution is 0.0391. The molecule has 156 valence electrons. The lowest BCUT2D eigenvalue weighted by atomic mass is 10.3. The van der Waals surface area contributed by atoms with Gasteiger partial charge in [-0.05, 0) is 31.2 Å². The third-order valence-electron chi connectivity index (χ3n) is 4.79. The summed E-state index contributed by atoms with van der Waals surface area (Å²) < 4.78 is 21.4. The standard InChI is InChI=1S/C19H22FN5O2S.ClH/c1-2-25-16(5-6-21-25)18(26)24(8-7-23-9-11-27-12-10-23)19-22-15-4-3-14(20)13-17(15)28-19;/h3-6,13H,2,7-12H2,1H3;1H. The summed E-state index contributed by atoms with van der Waals surface area (Å²) in [5.41, 5.74) is 1.21. The van der Waals surface area contributed by atoms with Crippen molar-refractivity contribution in [2.24, 2.45) is 0 Å². The molecule has 1 saturated heterocycles. The van der Waals surface area contributed by atoms with Gasteiger partial charge in [-0.2, -0.15) is 5.10 Å². The Morgan fingerprint density at radius 3 is 2.86 bits per heavy atom. The molecule has 10 heteroatoms. The number of carbonyl (C=O) groups is 1. The van der Waals surface area contributed by atoms with Crippen LogP contribution in [0.4, 0.5) is 9.52 Å². The number of hydrogen-bond acceptors (Lipinski definition) is 6. The molecule has 3 aromatic rings. The molecule has 29 heavy (non-hydrogen) atoms. The Hall–Kier alpha value is -2.07. The highest BCUT2D eigenvalue weighted by atomic mass is 35.5. The number of ether oxygens (including phenoxy) is 1. The molecule has 2 aromatic heterocycles. The first kappa shape index (κ1) is 21.6. The molecule has 0 unspecified atom stereocenters. The number of amides is 1. The monoisotopic (exact) mass is 439 g/mol. The second kappa shape index (κ2) is 9.62. The fraction of sp³-hybridized carbons (Fsp3) is 0.421. The van der Waals surface area contributed by atoms with Gasteiger partial charge in [0.15, 0.2) is 5.13 Å². The first-order valence-electron chi connectivity index (χ1n) is 9.35. The van der Waals surface area contributed by atoms with E-state index in [1.54, 1.807) is 27.9 Å². The third kappa shape index (κ3) is 4.75. The number of halogens is 2. The number of benzene rings is 1. The van der Waals surface area contributed by atoms with Crippen molar-refractivity contribution in [2.75, 3.05) is 44.3 Å². The highest BCUT2D eigenvalue weighted by Gasteiger charge is 2.25. The summed E-state index contributed by atoms with van der Waals surface area (Å²) in [6, 6.07) is 6.21. The molecule has 7 nitrogen and oxygen atoms in total. The lowest BCUT2D eigenvalue weighted by Gasteiger charge is -2.29. The van der Waals surface area contributed by atoms with E-state index in [0.29, 0.717) is 42.6 Å². The predicted octanol–water partition coefficient (Wildman–Crippen LogP) is 3.05. The molecule has 0 saturated carbocycles. The van der Waals surface area contributed by atoms with E-state index in [0.717, 1.165) is 24.3 Å². The van der Waals surface area contributed by atoms with Gasteiger partial charge < -0.3 is 4.74 Å². The van der Waals surface area contributed by atoms with Crippen molar-refractivity contribution in [3.05, 3.63) is 42.0 Å². The van der Waals surface area contributed by atoms with E-state index < -0.39 is 0 Å². The summed E-state index contributed by atoms with van der Waals surface area (Å²) in [6.45, 7) is 6.88. The second-order valence-electron chi connectivity index (χ2n) is 6.55. The Morgan fingerprint density at radius 1 is 1.31 bits per heavy atom. The van der Waals surface area contributed by atoms with Crippen LogP contribution in [0.15, 0.2) is 30.5 Å². The van der Waals surface area contributed by atoms with E-state index in [1.165, 1.54) is 23.5 Å². The summed E-state index contributed by atoms with van der Waals surface area (Å²) in [5, 5.41) is 4.78. The van der Waals surface area contributed by atoms with Crippen molar-refractivity contribution in [1.82, 2.24) is 19.7 Å². The molecular weight excluding hydrogens is 417 g/mol. The number of aromatic nitrogens is 3. The summed E-state index contributed by atoms with van der Waals surface area (Å²) >= 11 is 1.33. The molecule has 0 radical (unpaired) electrons. The minimum atomic E-state index is -0.307. The van der Waals surface area contributed by atoms with Gasteiger partial charge >= 0.3 is 0 Å². The van der Waals surface area contributed by atoms with Crippen LogP contribution in [0, 0.1) is 5.82 Å². The van der Waals surface area contributed by atoms with Gasteiger partial charge in [-0.3, -0.25) is 19.3 Å². The smallest absolute Gasteiger partial charge is 0.278 e. The zero-order chi connectivity index (χ0) is 19.5. The maximum Gasteiger partial charge on any atom is 0.278 e. The summed E-state index contributed by atoms with van der Waals surface area (Å²) in [6.07, 6.45) is 1.63. The van der Waals surface area contributed by atoms with E-state index in [1.807, 2.05) is 6.92 Å². The van der Waals surface area contributed by atoms with Gasteiger partial charge in [-0.15, -0.1) is 12.4 Å². The summed E-state index contributed by atoms with van der Waals surface area (Å²) in [7, 11) is 0. The quantitative estimate of drug-likeness (QED) is 0.590. The molecule has 1 aliphatic rings. The highest BCUT2D eigenvalue weighted by Crippen LogP contribution is 2.30. The fourth-order valence-electron chi connectivity index (χ4n) is 3.26. The molecule has 0 N–H and O–H groups in total. The van der Waals surface area contributed by atoms with Crippen LogP contribution in [0.25, 0.3) is 10.2 Å². The topological polar surface area (TPSA) is 63.5 Å². The SMILES string of the molecule is CCn1nccc1C(=O)N(CCN1CCOCC1)c1nc2ccc(F)cc2s1.Cl. The van der Waals surface area contributed by atoms with Crippen LogP contribution in [0.3, 0.4) is 0 Å². The zero-order valence-electron chi connectivity index (χ0n) is 16.1. The van der Waals surface area contributed by atoms with Crippen molar-refractivity contribution < 1.29 is 13.9 Å². The summed E-state index contributed by atoms with van der Waals surface area (Å²) in [5.74, 6) is -0.454. The number of anilines is 1. The fourth-order valence-corrected chi connectivity index (χ4v) is 4.27. The van der Waals surface area contributed by atoms with Crippen LogP contribution < -0.4 is 4.90 Å². The van der Waals surface area contributed by atoms with Gasteiger partial charge in [-0.1, -0.05) is 11.3 Å². The van der Waals surface area contributed by atoms with Gasteiger partial charge in [0.2, 0.25) is 0 Å². The minimum Gasteiger partial charge on any atom is -0.379 e. The number of fused-ring (bicyclic) bond motifs is 1. The molecule has 0 spiro atoms. The maximum atomic E-state index is 13.6. The third-order valence-corrected chi connectivity index (χ3v) is 5.84. The molecular formula is C19H23ClFN5O2S. The molecule has 4 rings (SSSR count). The van der Waals surface area contributed by atoms with E-state index in [9.17, 15) is 9.18 Å². The first-order valence-corrected chi connectivity index (χ1v) is 10.2. The van der Waals surface area contributed by atoms with Crippen molar-refractivity contribution in [1.29, 1.82) is 0 Å². The van der Waals surface area contributed by atoms with Crippen LogP contribution in [0.2, 0.25) is 0 Å². The predicted molar refractivity (Wildman–Crippen MR) is 114 cm³/mol. The molecule has 1 amide bonds. The lowest BCUT2D eigenvalue weighted by Crippen LogP contribution is -2.43. The second-order valence-corrected chi connectivity index (χ2v) is 7.56. The van der Waals surface area contributed by atoms with E-state index in [4.69, 9.17) is 4.74 Å². The number of aryl methyl sites for hydroxylation is 1. The van der Waals surface area contributed by atoms with Crippen LogP contribution in [-0.4, -0.2) is 65.0 Å². The van der Waals surface area contributed by atoms with Gasteiger partial charge in [0, 0.05) is 38.9 Å². The number of morpholine rings is 1. The molecule has 3 heterocycles. The Labute approximate surface area is 178 Å². The highest BCUT2D eigenvalue weighted by molar-refractivity contribution is 7.22. The number of hydrogen-bond donors (Lipinski definition) is 0. The first-order chi connectivity index (χ1) is 13.7.